The highest BCUT2D eigenvalue weighted by Crippen LogP contribution is 2.28. The number of hydrogen-bond donors (Lipinski definition) is 1. The molecule has 0 atom stereocenters. The predicted molar refractivity (Wildman–Crippen MR) is 75.7 cm³/mol. The average molecular weight is 288 g/mol. The molecule has 2 aromatic rings. The Morgan fingerprint density at radius 1 is 1.25 bits per heavy atom. The summed E-state index contributed by atoms with van der Waals surface area (Å²) in [5.41, 5.74) is 3.08. The molecule has 0 saturated heterocycles. The predicted octanol–water partition coefficient (Wildman–Crippen LogP) is 3.98. The van der Waals surface area contributed by atoms with Gasteiger partial charge in [-0.1, -0.05) is 11.6 Å². The zero-order valence-electron chi connectivity index (χ0n) is 10.6. The van der Waals surface area contributed by atoms with Crippen molar-refractivity contribution in [3.63, 3.8) is 0 Å². The molecule has 0 saturated carbocycles. The van der Waals surface area contributed by atoms with E-state index in [4.69, 9.17) is 11.6 Å². The van der Waals surface area contributed by atoms with Crippen LogP contribution in [-0.4, -0.2) is 4.98 Å². The number of aromatic nitrogens is 1. The van der Waals surface area contributed by atoms with Gasteiger partial charge in [0.25, 0.3) is 0 Å². The van der Waals surface area contributed by atoms with Crippen molar-refractivity contribution in [3.05, 3.63) is 51.9 Å². The normalized spacial score (nSPS) is 12.8. The van der Waals surface area contributed by atoms with E-state index in [1.807, 2.05) is 6.07 Å². The maximum atomic E-state index is 13.3. The van der Waals surface area contributed by atoms with E-state index in [1.54, 1.807) is 6.07 Å². The Morgan fingerprint density at radius 3 is 2.85 bits per heavy atom. The summed E-state index contributed by atoms with van der Waals surface area (Å²) in [6.45, 7) is 0. The number of fused-ring (bicyclic) bond motifs is 1. The van der Waals surface area contributed by atoms with Gasteiger partial charge in [-0.05, 0) is 49.1 Å². The lowest BCUT2D eigenvalue weighted by molar-refractivity contribution is 0.628. The highest BCUT2D eigenvalue weighted by molar-refractivity contribution is 6.30. The van der Waals surface area contributed by atoms with Crippen LogP contribution < -0.4 is 5.32 Å². The van der Waals surface area contributed by atoms with Gasteiger partial charge in [-0.3, -0.25) is 0 Å². The van der Waals surface area contributed by atoms with Gasteiger partial charge >= 0.3 is 0 Å². The summed E-state index contributed by atoms with van der Waals surface area (Å²) in [7, 11) is 0. The maximum Gasteiger partial charge on any atom is 0.148 e. The number of nitrogens with zero attached hydrogens (tertiary/aromatic N) is 2. The molecule has 20 heavy (non-hydrogen) atoms. The Kier molecular flexibility index (Phi) is 3.29. The van der Waals surface area contributed by atoms with E-state index in [9.17, 15) is 9.65 Å². The Morgan fingerprint density at radius 2 is 2.10 bits per heavy atom. The van der Waals surface area contributed by atoms with Crippen LogP contribution in [0.4, 0.5) is 15.9 Å². The van der Waals surface area contributed by atoms with E-state index < -0.39 is 5.82 Å². The molecular weight excluding hydrogens is 277 g/mol. The molecule has 0 amide bonds. The molecule has 0 spiro atoms. The highest BCUT2D eigenvalue weighted by atomic mass is 35.5. The van der Waals surface area contributed by atoms with Crippen LogP contribution in [0.2, 0.25) is 5.02 Å². The van der Waals surface area contributed by atoms with Crippen molar-refractivity contribution in [2.24, 2.45) is 0 Å². The highest BCUT2D eigenvalue weighted by Gasteiger charge is 2.16. The molecule has 0 radical (unpaired) electrons. The van der Waals surface area contributed by atoms with E-state index in [1.165, 1.54) is 12.1 Å². The number of halogens is 2. The van der Waals surface area contributed by atoms with E-state index >= 15 is 0 Å². The maximum absolute atomic E-state index is 13.3. The van der Waals surface area contributed by atoms with E-state index in [-0.39, 0.29) is 0 Å². The second kappa shape index (κ2) is 5.10. The van der Waals surface area contributed by atoms with Gasteiger partial charge in [0.2, 0.25) is 0 Å². The van der Waals surface area contributed by atoms with Gasteiger partial charge in [0.1, 0.15) is 17.7 Å². The van der Waals surface area contributed by atoms with Crippen molar-refractivity contribution in [2.75, 3.05) is 5.32 Å². The van der Waals surface area contributed by atoms with Crippen LogP contribution in [-0.2, 0) is 12.8 Å². The average Bonchev–Trinajstić information content (AvgIpc) is 2.83. The molecule has 1 aromatic heterocycles. The fourth-order valence-electron chi connectivity index (χ4n) is 2.42. The molecular formula is C15H11ClFN3. The standard InChI is InChI=1S/C15H11ClFN3/c16-11-5-12(17)7-13(6-11)19-15-10(8-18)4-9-2-1-3-14(9)20-15/h4-7H,1-3H2,(H,19,20). The topological polar surface area (TPSA) is 48.7 Å². The minimum absolute atomic E-state index is 0.298. The number of nitrogens with one attached hydrogen (secondary N) is 1. The lowest BCUT2D eigenvalue weighted by Crippen LogP contribution is -2.01. The number of hydrogen-bond acceptors (Lipinski definition) is 3. The lowest BCUT2D eigenvalue weighted by Gasteiger charge is -2.10. The monoisotopic (exact) mass is 287 g/mol. The summed E-state index contributed by atoms with van der Waals surface area (Å²) in [5, 5.41) is 12.5. The van der Waals surface area contributed by atoms with Gasteiger partial charge in [0.15, 0.2) is 0 Å². The number of anilines is 2. The van der Waals surface area contributed by atoms with Gasteiger partial charge < -0.3 is 5.32 Å². The first-order chi connectivity index (χ1) is 9.65. The minimum Gasteiger partial charge on any atom is -0.339 e. The number of pyridine rings is 1. The van der Waals surface area contributed by atoms with E-state index in [0.29, 0.717) is 22.1 Å². The van der Waals surface area contributed by atoms with Crippen LogP contribution in [0, 0.1) is 17.1 Å². The zero-order chi connectivity index (χ0) is 14.1. The largest absolute Gasteiger partial charge is 0.339 e. The Labute approximate surface area is 121 Å². The number of benzene rings is 1. The van der Waals surface area contributed by atoms with Crippen molar-refractivity contribution in [1.29, 1.82) is 5.26 Å². The molecule has 1 heterocycles. The van der Waals surface area contributed by atoms with Crippen LogP contribution in [0.1, 0.15) is 23.2 Å². The summed E-state index contributed by atoms with van der Waals surface area (Å²) >= 11 is 5.82. The third-order valence-corrected chi connectivity index (χ3v) is 3.51. The zero-order valence-corrected chi connectivity index (χ0v) is 11.3. The third kappa shape index (κ3) is 2.45. The molecule has 1 aromatic carbocycles. The summed E-state index contributed by atoms with van der Waals surface area (Å²) in [5.74, 6) is 0.0227. The van der Waals surface area contributed by atoms with Gasteiger partial charge in [-0.15, -0.1) is 0 Å². The number of aryl methyl sites for hydroxylation is 2. The summed E-state index contributed by atoms with van der Waals surface area (Å²) < 4.78 is 13.3. The summed E-state index contributed by atoms with van der Waals surface area (Å²) in [4.78, 5) is 4.48. The quantitative estimate of drug-likeness (QED) is 0.909. The number of nitriles is 1. The molecule has 5 heteroatoms. The van der Waals surface area contributed by atoms with Crippen molar-refractivity contribution in [3.8, 4) is 6.07 Å². The Hall–Kier alpha value is -2.12. The van der Waals surface area contributed by atoms with Gasteiger partial charge in [-0.2, -0.15) is 5.26 Å². The molecule has 3 rings (SSSR count). The Bertz CT molecular complexity index is 702. The Balaban J connectivity index is 2.00. The summed E-state index contributed by atoms with van der Waals surface area (Å²) in [6.07, 6.45) is 2.94. The lowest BCUT2D eigenvalue weighted by atomic mass is 10.1. The van der Waals surface area contributed by atoms with Crippen molar-refractivity contribution >= 4 is 23.1 Å². The molecule has 0 fully saturated rings. The second-order valence-electron chi connectivity index (χ2n) is 4.74. The van der Waals surface area contributed by atoms with E-state index in [0.717, 1.165) is 30.5 Å². The van der Waals surface area contributed by atoms with Crippen LogP contribution in [0.5, 0.6) is 0 Å². The molecule has 1 aliphatic rings. The smallest absolute Gasteiger partial charge is 0.148 e. The summed E-state index contributed by atoms with van der Waals surface area (Å²) in [6, 6.07) is 8.13. The second-order valence-corrected chi connectivity index (χ2v) is 5.18. The van der Waals surface area contributed by atoms with Crippen molar-refractivity contribution in [1.82, 2.24) is 4.98 Å². The minimum atomic E-state index is -0.431. The molecule has 100 valence electrons. The first kappa shape index (κ1) is 12.9. The van der Waals surface area contributed by atoms with Gasteiger partial charge in [0, 0.05) is 16.4 Å². The molecule has 1 N–H and O–H groups in total. The SMILES string of the molecule is N#Cc1cc2c(nc1Nc1cc(F)cc(Cl)c1)CCC2. The van der Waals surface area contributed by atoms with Crippen LogP contribution >= 0.6 is 11.6 Å². The van der Waals surface area contributed by atoms with Gasteiger partial charge in [-0.25, -0.2) is 9.37 Å². The van der Waals surface area contributed by atoms with E-state index in [2.05, 4.69) is 16.4 Å². The molecule has 3 nitrogen and oxygen atoms in total. The van der Waals surface area contributed by atoms with Crippen LogP contribution in [0.15, 0.2) is 24.3 Å². The molecule has 1 aliphatic carbocycles. The van der Waals surface area contributed by atoms with Crippen LogP contribution in [0.3, 0.4) is 0 Å². The fourth-order valence-corrected chi connectivity index (χ4v) is 2.64. The van der Waals surface area contributed by atoms with Crippen LogP contribution in [0.25, 0.3) is 0 Å². The van der Waals surface area contributed by atoms with Crippen molar-refractivity contribution in [2.45, 2.75) is 19.3 Å². The first-order valence-corrected chi connectivity index (χ1v) is 6.69. The molecule has 0 bridgehead atoms. The molecule has 0 aliphatic heterocycles. The van der Waals surface area contributed by atoms with Gasteiger partial charge in [0.05, 0.1) is 5.56 Å². The molecule has 0 unspecified atom stereocenters. The number of rotatable bonds is 2. The fraction of sp³-hybridized carbons (Fsp3) is 0.200. The first-order valence-electron chi connectivity index (χ1n) is 6.32. The van der Waals surface area contributed by atoms with Crippen molar-refractivity contribution < 1.29 is 4.39 Å². The third-order valence-electron chi connectivity index (χ3n) is 3.30.